The van der Waals surface area contributed by atoms with Crippen LogP contribution in [-0.2, 0) is 16.6 Å². The maximum Gasteiger partial charge on any atom is -0.147 e. The first-order valence-corrected chi connectivity index (χ1v) is 15.8. The fourth-order valence-corrected chi connectivity index (χ4v) is 18.7. The van der Waals surface area contributed by atoms with Crippen LogP contribution in [0.25, 0.3) is 12.2 Å². The van der Waals surface area contributed by atoms with Gasteiger partial charge in [-0.3, -0.25) is 0 Å². The van der Waals surface area contributed by atoms with Crippen molar-refractivity contribution in [2.45, 2.75) is 15.0 Å². The zero-order valence-electron chi connectivity index (χ0n) is 16.3. The van der Waals surface area contributed by atoms with E-state index in [4.69, 9.17) is 0 Å². The number of rotatable bonds is 3. The van der Waals surface area contributed by atoms with Gasteiger partial charge in [-0.1, -0.05) is 0 Å². The number of hydrogen-bond donors (Lipinski definition) is 0. The van der Waals surface area contributed by atoms with Crippen LogP contribution in [-0.4, -0.2) is 6.19 Å². The Morgan fingerprint density at radius 3 is 1.59 bits per heavy atom. The molecule has 0 fully saturated rings. The van der Waals surface area contributed by atoms with Gasteiger partial charge in [0, 0.05) is 0 Å². The summed E-state index contributed by atoms with van der Waals surface area (Å²) >= 11 is -1.57. The fourth-order valence-electron chi connectivity index (χ4n) is 4.56. The summed E-state index contributed by atoms with van der Waals surface area (Å²) in [7, 11) is 0. The van der Waals surface area contributed by atoms with Crippen LogP contribution in [0.1, 0.15) is 30.7 Å². The molecule has 3 aromatic carbocycles. The van der Waals surface area contributed by atoms with Crippen LogP contribution in [0, 0.1) is 0 Å². The molecule has 0 heterocycles. The van der Waals surface area contributed by atoms with E-state index in [0.717, 1.165) is 0 Å². The molecule has 0 nitrogen and oxygen atoms in total. The summed E-state index contributed by atoms with van der Waals surface area (Å²) in [6.45, 7) is 2.58. The van der Waals surface area contributed by atoms with Crippen molar-refractivity contribution in [2.24, 2.45) is 0 Å². The van der Waals surface area contributed by atoms with Crippen molar-refractivity contribution in [3.05, 3.63) is 113 Å². The van der Waals surface area contributed by atoms with E-state index in [1.165, 1.54) is 11.1 Å². The Morgan fingerprint density at radius 2 is 1.07 bits per heavy atom. The molecule has 0 aliphatic heterocycles. The summed E-state index contributed by atoms with van der Waals surface area (Å²) in [6.07, 6.45) is 9.22. The molecule has 0 spiro atoms. The van der Waals surface area contributed by atoms with Crippen LogP contribution in [0.3, 0.4) is 0 Å². The molecule has 0 N–H and O–H groups in total. The molecule has 2 aliphatic carbocycles. The van der Waals surface area contributed by atoms with Crippen LogP contribution < -0.4 is 5.19 Å². The normalized spacial score (nSPS) is 17.7. The first-order valence-electron chi connectivity index (χ1n) is 9.63. The molecule has 0 saturated heterocycles. The zero-order valence-corrected chi connectivity index (χ0v) is 20.5. The molecular formula is C25H24Cl2SiTi. The molecule has 3 aromatic rings. The maximum absolute atomic E-state index is 2.58. The Bertz CT molecular complexity index is 1040. The van der Waals surface area contributed by atoms with E-state index in [0.29, 0.717) is 8.45 Å². The summed E-state index contributed by atoms with van der Waals surface area (Å²) in [5.41, 5.74) is 6.02. The average Bonchev–Trinajstić information content (AvgIpc) is 3.34. The van der Waals surface area contributed by atoms with Crippen LogP contribution in [0.4, 0.5) is 0 Å². The third-order valence-electron chi connectivity index (χ3n) is 5.91. The van der Waals surface area contributed by atoms with Gasteiger partial charge in [0.2, 0.25) is 0 Å². The SMILES string of the molecule is C[Si](c1ccccc1)=[Ti]([CH]1C=Cc2ccccc21)[CH]1C=Cc2ccccc21.Cl.Cl. The van der Waals surface area contributed by atoms with Gasteiger partial charge in [-0.2, -0.15) is 0 Å². The van der Waals surface area contributed by atoms with Crippen molar-refractivity contribution in [3.8, 4) is 0 Å². The van der Waals surface area contributed by atoms with E-state index in [-0.39, 0.29) is 24.8 Å². The maximum atomic E-state index is 2.58. The van der Waals surface area contributed by atoms with Crippen LogP contribution in [0.5, 0.6) is 0 Å². The van der Waals surface area contributed by atoms with Crippen molar-refractivity contribution >= 4 is 48.3 Å². The second-order valence-corrected chi connectivity index (χ2v) is 18.5. The molecule has 2 aliphatic rings. The summed E-state index contributed by atoms with van der Waals surface area (Å²) in [6, 6.07) is 29.4. The Labute approximate surface area is 192 Å². The van der Waals surface area contributed by atoms with Gasteiger partial charge in [-0.25, -0.2) is 0 Å². The third-order valence-corrected chi connectivity index (χ3v) is 19.6. The monoisotopic (exact) mass is 470 g/mol. The molecule has 0 aromatic heterocycles. The number of allylic oxidation sites excluding steroid dienone is 2. The van der Waals surface area contributed by atoms with Crippen molar-refractivity contribution < 1.29 is 16.6 Å². The predicted octanol–water partition coefficient (Wildman–Crippen LogP) is 6.51. The molecule has 146 valence electrons. The zero-order chi connectivity index (χ0) is 18.2. The van der Waals surface area contributed by atoms with Gasteiger partial charge >= 0.3 is 168 Å². The molecule has 5 rings (SSSR count). The third kappa shape index (κ3) is 4.13. The van der Waals surface area contributed by atoms with Crippen molar-refractivity contribution in [2.75, 3.05) is 0 Å². The second kappa shape index (κ2) is 9.64. The Hall–Kier alpha value is -1.35. The van der Waals surface area contributed by atoms with Gasteiger partial charge in [0.05, 0.1) is 0 Å². The van der Waals surface area contributed by atoms with Gasteiger partial charge in [-0.15, -0.1) is 24.8 Å². The number of fused-ring (bicyclic) bond motifs is 2. The van der Waals surface area contributed by atoms with Gasteiger partial charge in [0.1, 0.15) is 0 Å². The molecule has 0 bridgehead atoms. The van der Waals surface area contributed by atoms with E-state index in [1.54, 1.807) is 16.3 Å². The quantitative estimate of drug-likeness (QED) is 0.382. The minimum atomic E-state index is -1.57. The Morgan fingerprint density at radius 1 is 0.621 bits per heavy atom. The van der Waals surface area contributed by atoms with E-state index in [2.05, 4.69) is 110 Å². The molecule has 0 amide bonds. The van der Waals surface area contributed by atoms with Crippen LogP contribution >= 0.6 is 24.8 Å². The number of benzene rings is 3. The van der Waals surface area contributed by atoms with Gasteiger partial charge in [-0.05, 0) is 0 Å². The molecule has 0 saturated carbocycles. The molecule has 0 radical (unpaired) electrons. The van der Waals surface area contributed by atoms with E-state index in [9.17, 15) is 0 Å². The summed E-state index contributed by atoms with van der Waals surface area (Å²) in [5.74, 6) is 0. The fraction of sp³-hybridized carbons (Fsp3) is 0.120. The Kier molecular flexibility index (Phi) is 7.43. The number of hydrogen-bond acceptors (Lipinski definition) is 0. The van der Waals surface area contributed by atoms with Crippen LogP contribution in [0.15, 0.2) is 91.0 Å². The van der Waals surface area contributed by atoms with Crippen LogP contribution in [0.2, 0.25) is 6.55 Å². The molecule has 29 heavy (non-hydrogen) atoms. The number of halogens is 2. The molecule has 2 atom stereocenters. The van der Waals surface area contributed by atoms with Crippen molar-refractivity contribution in [3.63, 3.8) is 0 Å². The standard InChI is InChI=1S/2C9H7.C7H8Si.2ClH.Ti/c2*1-2-5-9-7-3-6-8(9)4-1;1-8-7-5-3-2-4-6-7;;;/h2*1-7H;2-6H,1H3;2*1H;. The van der Waals surface area contributed by atoms with Gasteiger partial charge in [0.15, 0.2) is 0 Å². The topological polar surface area (TPSA) is 0 Å². The Balaban J connectivity index is 0.00000120. The summed E-state index contributed by atoms with van der Waals surface area (Å²) < 4.78 is 1.31. The smallest absolute Gasteiger partial charge is 0.147 e. The average molecular weight is 471 g/mol. The van der Waals surface area contributed by atoms with E-state index in [1.807, 2.05) is 0 Å². The second-order valence-electron chi connectivity index (χ2n) is 7.38. The molecule has 4 heteroatoms. The first kappa shape index (κ1) is 22.3. The summed E-state index contributed by atoms with van der Waals surface area (Å²) in [4.78, 5) is 0. The van der Waals surface area contributed by atoms with E-state index >= 15 is 0 Å². The van der Waals surface area contributed by atoms with Crippen molar-refractivity contribution in [1.82, 2.24) is 0 Å². The minimum absolute atomic E-state index is 0. The largest absolute Gasteiger partial charge is 0.147 e. The molecule has 2 unspecified atom stereocenters. The molecular weight excluding hydrogens is 447 g/mol. The van der Waals surface area contributed by atoms with Gasteiger partial charge in [0.25, 0.3) is 0 Å². The minimum Gasteiger partial charge on any atom is -0.147 e. The van der Waals surface area contributed by atoms with Gasteiger partial charge < -0.3 is 0 Å². The van der Waals surface area contributed by atoms with E-state index < -0.39 is 22.8 Å². The summed E-state index contributed by atoms with van der Waals surface area (Å²) in [5, 5.41) is 1.60. The first-order chi connectivity index (χ1) is 13.3. The predicted molar refractivity (Wildman–Crippen MR) is 129 cm³/mol. The van der Waals surface area contributed by atoms with Crippen molar-refractivity contribution in [1.29, 1.82) is 0 Å².